The molecule has 168 valence electrons. The Morgan fingerprint density at radius 3 is 2.59 bits per heavy atom. The van der Waals surface area contributed by atoms with Crippen LogP contribution in [-0.4, -0.2) is 37.5 Å². The van der Waals surface area contributed by atoms with E-state index in [4.69, 9.17) is 4.98 Å². The van der Waals surface area contributed by atoms with Crippen molar-refractivity contribution in [2.24, 2.45) is 0 Å². The van der Waals surface area contributed by atoms with Gasteiger partial charge < -0.3 is 10.6 Å². The minimum atomic E-state index is -0.311. The van der Waals surface area contributed by atoms with Crippen LogP contribution >= 0.6 is 0 Å². The van der Waals surface area contributed by atoms with Crippen LogP contribution in [0.3, 0.4) is 0 Å². The minimum absolute atomic E-state index is 0.279. The Labute approximate surface area is 194 Å². The number of benzene rings is 1. The first-order valence-corrected chi connectivity index (χ1v) is 10.6. The first kappa shape index (κ1) is 21.2. The number of carbonyl (C=O) groups is 1. The van der Waals surface area contributed by atoms with Gasteiger partial charge in [-0.15, -0.1) is 0 Å². The van der Waals surface area contributed by atoms with Crippen LogP contribution < -0.4 is 10.6 Å². The van der Waals surface area contributed by atoms with Crippen LogP contribution in [0.1, 0.15) is 15.9 Å². The summed E-state index contributed by atoms with van der Waals surface area (Å²) in [6.45, 7) is 1.71. The molecule has 0 radical (unpaired) electrons. The van der Waals surface area contributed by atoms with Gasteiger partial charge in [0.25, 0.3) is 5.91 Å². The van der Waals surface area contributed by atoms with E-state index in [0.717, 1.165) is 11.1 Å². The van der Waals surface area contributed by atoms with Crippen molar-refractivity contribution in [3.63, 3.8) is 0 Å². The molecule has 0 spiro atoms. The van der Waals surface area contributed by atoms with Crippen LogP contribution in [0.25, 0.3) is 28.2 Å². The van der Waals surface area contributed by atoms with Crippen molar-refractivity contribution in [3.8, 4) is 22.5 Å². The maximum atomic E-state index is 13.9. The molecule has 5 rings (SSSR count). The molecule has 4 aromatic heterocycles. The first-order chi connectivity index (χ1) is 16.5. The molecule has 5 aromatic rings. The molecule has 0 bridgehead atoms. The van der Waals surface area contributed by atoms with Gasteiger partial charge in [0.15, 0.2) is 5.65 Å². The summed E-state index contributed by atoms with van der Waals surface area (Å²) in [6, 6.07) is 15.4. The van der Waals surface area contributed by atoms with E-state index in [1.807, 2.05) is 12.1 Å². The average molecular weight is 453 g/mol. The molecule has 1 amide bonds. The van der Waals surface area contributed by atoms with Gasteiger partial charge in [-0.05, 0) is 67.1 Å². The average Bonchev–Trinajstić information content (AvgIpc) is 3.25. The van der Waals surface area contributed by atoms with Gasteiger partial charge in [-0.2, -0.15) is 5.10 Å². The number of anilines is 2. The molecular formula is C25H20FN7O. The second kappa shape index (κ2) is 8.70. The number of nitrogens with zero attached hydrogens (tertiary/aromatic N) is 5. The summed E-state index contributed by atoms with van der Waals surface area (Å²) in [5.41, 5.74) is 4.49. The highest BCUT2D eigenvalue weighted by Gasteiger charge is 2.18. The van der Waals surface area contributed by atoms with Crippen molar-refractivity contribution in [2.45, 2.75) is 6.92 Å². The van der Waals surface area contributed by atoms with Gasteiger partial charge in [0.1, 0.15) is 23.1 Å². The lowest BCUT2D eigenvalue weighted by Crippen LogP contribution is -2.13. The number of nitrogens with one attached hydrogen (secondary N) is 2. The number of pyridine rings is 2. The maximum Gasteiger partial charge on any atom is 0.257 e. The summed E-state index contributed by atoms with van der Waals surface area (Å²) in [5, 5.41) is 10.2. The van der Waals surface area contributed by atoms with Crippen molar-refractivity contribution in [2.75, 3.05) is 17.7 Å². The number of amides is 1. The number of hydrogen-bond acceptors (Lipinski definition) is 6. The van der Waals surface area contributed by atoms with Gasteiger partial charge in [-0.3, -0.25) is 4.79 Å². The standard InChI is InChI=1S/C25H20FN7O/c1-15-12-16(5-6-19(15)26)23-24(33-22(32-23)4-3-9-30-33)17-7-10-29-21(13-17)31-25(34)18-8-11-28-20(14-18)27-2/h3-14H,1-2H3,(H,27,28)(H,29,31,34). The topological polar surface area (TPSA) is 97.1 Å². The van der Waals surface area contributed by atoms with Crippen molar-refractivity contribution in [1.29, 1.82) is 0 Å². The van der Waals surface area contributed by atoms with Crippen molar-refractivity contribution < 1.29 is 9.18 Å². The minimum Gasteiger partial charge on any atom is -0.373 e. The van der Waals surface area contributed by atoms with Gasteiger partial charge in [-0.25, -0.2) is 23.9 Å². The molecule has 0 saturated carbocycles. The lowest BCUT2D eigenvalue weighted by molar-refractivity contribution is 0.102. The van der Waals surface area contributed by atoms with Crippen LogP contribution in [0.4, 0.5) is 16.0 Å². The number of aryl methyl sites for hydroxylation is 1. The Bertz CT molecular complexity index is 1530. The summed E-state index contributed by atoms with van der Waals surface area (Å²) >= 11 is 0. The predicted octanol–water partition coefficient (Wildman–Crippen LogP) is 4.59. The van der Waals surface area contributed by atoms with Crippen LogP contribution in [0, 0.1) is 12.7 Å². The van der Waals surface area contributed by atoms with Crippen LogP contribution in [0.15, 0.2) is 73.2 Å². The highest BCUT2D eigenvalue weighted by atomic mass is 19.1. The van der Waals surface area contributed by atoms with Gasteiger partial charge in [0.05, 0.1) is 5.69 Å². The zero-order valence-electron chi connectivity index (χ0n) is 18.5. The number of carbonyl (C=O) groups excluding carboxylic acids is 1. The Kier molecular flexibility index (Phi) is 5.43. The fourth-order valence-electron chi connectivity index (χ4n) is 3.68. The first-order valence-electron chi connectivity index (χ1n) is 10.6. The molecule has 2 N–H and O–H groups in total. The Balaban J connectivity index is 1.57. The van der Waals surface area contributed by atoms with Crippen LogP contribution in [0.2, 0.25) is 0 Å². The zero-order valence-corrected chi connectivity index (χ0v) is 18.5. The molecule has 0 unspecified atom stereocenters. The predicted molar refractivity (Wildman–Crippen MR) is 128 cm³/mol. The lowest BCUT2D eigenvalue weighted by Gasteiger charge is -2.09. The number of aromatic nitrogens is 5. The second-order valence-electron chi connectivity index (χ2n) is 7.63. The van der Waals surface area contributed by atoms with Gasteiger partial charge in [0.2, 0.25) is 0 Å². The third-order valence-corrected chi connectivity index (χ3v) is 5.38. The highest BCUT2D eigenvalue weighted by molar-refractivity contribution is 6.04. The smallest absolute Gasteiger partial charge is 0.257 e. The molecule has 0 aliphatic heterocycles. The highest BCUT2D eigenvalue weighted by Crippen LogP contribution is 2.33. The normalized spacial score (nSPS) is 10.9. The van der Waals surface area contributed by atoms with E-state index in [1.54, 1.807) is 73.5 Å². The van der Waals surface area contributed by atoms with E-state index < -0.39 is 0 Å². The van der Waals surface area contributed by atoms with E-state index >= 15 is 0 Å². The lowest BCUT2D eigenvalue weighted by atomic mass is 10.0. The van der Waals surface area contributed by atoms with Crippen molar-refractivity contribution >= 4 is 23.2 Å². The molecule has 0 saturated heterocycles. The summed E-state index contributed by atoms with van der Waals surface area (Å²) in [6.07, 6.45) is 4.84. The number of rotatable bonds is 5. The molecule has 1 aromatic carbocycles. The fraction of sp³-hybridized carbons (Fsp3) is 0.0800. The molecule has 4 heterocycles. The van der Waals surface area contributed by atoms with Crippen molar-refractivity contribution in [1.82, 2.24) is 24.6 Å². The Morgan fingerprint density at radius 2 is 1.76 bits per heavy atom. The molecular weight excluding hydrogens is 433 g/mol. The van der Waals surface area contributed by atoms with Crippen LogP contribution in [-0.2, 0) is 0 Å². The Morgan fingerprint density at radius 1 is 0.941 bits per heavy atom. The third-order valence-electron chi connectivity index (χ3n) is 5.38. The van der Waals surface area contributed by atoms with Crippen molar-refractivity contribution in [3.05, 3.63) is 90.1 Å². The summed E-state index contributed by atoms with van der Waals surface area (Å²) in [5.74, 6) is 0.371. The van der Waals surface area contributed by atoms with Gasteiger partial charge in [-0.1, -0.05) is 0 Å². The van der Waals surface area contributed by atoms with E-state index in [9.17, 15) is 9.18 Å². The van der Waals surface area contributed by atoms with Gasteiger partial charge in [0, 0.05) is 42.3 Å². The summed E-state index contributed by atoms with van der Waals surface area (Å²) in [4.78, 5) is 26.0. The SMILES string of the molecule is CNc1cc(C(=O)Nc2cc(-c3c(-c4ccc(F)c(C)c4)nc4cccnn34)ccn2)ccn1. The molecule has 9 heteroatoms. The second-order valence-corrected chi connectivity index (χ2v) is 7.63. The molecule has 8 nitrogen and oxygen atoms in total. The third kappa shape index (κ3) is 3.95. The summed E-state index contributed by atoms with van der Waals surface area (Å²) < 4.78 is 15.6. The van der Waals surface area contributed by atoms with Gasteiger partial charge >= 0.3 is 0 Å². The molecule has 0 aliphatic carbocycles. The van der Waals surface area contributed by atoms with E-state index in [2.05, 4.69) is 25.7 Å². The molecule has 0 aliphatic rings. The monoisotopic (exact) mass is 453 g/mol. The number of hydrogen-bond donors (Lipinski definition) is 2. The molecule has 0 atom stereocenters. The largest absolute Gasteiger partial charge is 0.373 e. The fourth-order valence-corrected chi connectivity index (χ4v) is 3.68. The zero-order chi connectivity index (χ0) is 23.7. The van der Waals surface area contributed by atoms with E-state index in [1.165, 1.54) is 6.07 Å². The molecule has 34 heavy (non-hydrogen) atoms. The number of imidazole rings is 1. The number of halogens is 1. The Hall–Kier alpha value is -4.66. The van der Waals surface area contributed by atoms with E-state index in [0.29, 0.717) is 39.8 Å². The van der Waals surface area contributed by atoms with Crippen LogP contribution in [0.5, 0.6) is 0 Å². The maximum absolute atomic E-state index is 13.9. The quantitative estimate of drug-likeness (QED) is 0.404. The van der Waals surface area contributed by atoms with E-state index in [-0.39, 0.29) is 11.7 Å². The number of fused-ring (bicyclic) bond motifs is 1. The summed E-state index contributed by atoms with van der Waals surface area (Å²) in [7, 11) is 1.74. The molecule has 0 fully saturated rings.